The van der Waals surface area contributed by atoms with E-state index in [9.17, 15) is 12.6 Å². The monoisotopic (exact) mass is 238 g/mol. The third-order valence-electron chi connectivity index (χ3n) is 1.42. The molecule has 0 amide bonds. The van der Waals surface area contributed by atoms with Gasteiger partial charge in [0.25, 0.3) is 9.05 Å². The lowest BCUT2D eigenvalue weighted by atomic mass is 10.4. The van der Waals surface area contributed by atoms with E-state index in [0.29, 0.717) is 4.90 Å². The number of rotatable bonds is 2. The molecule has 0 radical (unpaired) electrons. The Balaban J connectivity index is 3.29. The maximum atomic E-state index is 11.0. The molecular formula is C7H7ClO3S2. The molecule has 0 saturated carbocycles. The van der Waals surface area contributed by atoms with E-state index in [1.54, 1.807) is 6.07 Å². The fourth-order valence-corrected chi connectivity index (χ4v) is 2.24. The van der Waals surface area contributed by atoms with Crippen molar-refractivity contribution < 1.29 is 12.6 Å². The van der Waals surface area contributed by atoms with Crippen molar-refractivity contribution in [2.45, 2.75) is 9.79 Å². The van der Waals surface area contributed by atoms with Gasteiger partial charge in [0, 0.05) is 32.6 Å². The molecule has 72 valence electrons. The highest BCUT2D eigenvalue weighted by molar-refractivity contribution is 8.13. The first kappa shape index (κ1) is 10.7. The van der Waals surface area contributed by atoms with Crippen LogP contribution in [-0.2, 0) is 19.9 Å². The van der Waals surface area contributed by atoms with E-state index in [4.69, 9.17) is 10.7 Å². The Morgan fingerprint density at radius 1 is 1.38 bits per heavy atom. The number of benzene rings is 1. The Morgan fingerprint density at radius 2 is 2.00 bits per heavy atom. The number of halogens is 1. The first-order chi connectivity index (χ1) is 5.91. The first-order valence-corrected chi connectivity index (χ1v) is 7.16. The summed E-state index contributed by atoms with van der Waals surface area (Å²) < 4.78 is 32.7. The SMILES string of the molecule is CS(=O)c1cccc(S(=O)(=O)Cl)c1. The molecule has 0 aliphatic rings. The lowest BCUT2D eigenvalue weighted by molar-refractivity contribution is 0.609. The van der Waals surface area contributed by atoms with Crippen LogP contribution in [0.3, 0.4) is 0 Å². The molecule has 0 fully saturated rings. The molecule has 1 aromatic carbocycles. The summed E-state index contributed by atoms with van der Waals surface area (Å²) in [5, 5.41) is 0. The van der Waals surface area contributed by atoms with E-state index < -0.39 is 19.9 Å². The highest BCUT2D eigenvalue weighted by Gasteiger charge is 2.10. The van der Waals surface area contributed by atoms with E-state index in [-0.39, 0.29) is 4.90 Å². The van der Waals surface area contributed by atoms with Crippen LogP contribution in [0.1, 0.15) is 0 Å². The summed E-state index contributed by atoms with van der Waals surface area (Å²) in [5.74, 6) is 0. The largest absolute Gasteiger partial charge is 0.261 e. The molecule has 13 heavy (non-hydrogen) atoms. The van der Waals surface area contributed by atoms with Crippen LogP contribution in [-0.4, -0.2) is 18.9 Å². The van der Waals surface area contributed by atoms with Crippen molar-refractivity contribution >= 4 is 30.5 Å². The van der Waals surface area contributed by atoms with E-state index in [1.165, 1.54) is 24.5 Å². The van der Waals surface area contributed by atoms with E-state index in [1.807, 2.05) is 0 Å². The third-order valence-corrected chi connectivity index (χ3v) is 3.69. The molecule has 1 aromatic rings. The molecule has 0 spiro atoms. The van der Waals surface area contributed by atoms with Gasteiger partial charge in [0.15, 0.2) is 0 Å². The molecule has 0 aliphatic carbocycles. The Labute approximate surface area is 83.6 Å². The fourth-order valence-electron chi connectivity index (χ4n) is 0.805. The maximum absolute atomic E-state index is 11.0. The van der Waals surface area contributed by atoms with Crippen LogP contribution in [0.5, 0.6) is 0 Å². The molecule has 0 N–H and O–H groups in total. The van der Waals surface area contributed by atoms with Gasteiger partial charge < -0.3 is 0 Å². The summed E-state index contributed by atoms with van der Waals surface area (Å²) in [5.41, 5.74) is 0. The van der Waals surface area contributed by atoms with E-state index in [0.717, 1.165) is 0 Å². The normalized spacial score (nSPS) is 14.0. The van der Waals surface area contributed by atoms with Crippen LogP contribution in [0.15, 0.2) is 34.1 Å². The van der Waals surface area contributed by atoms with Crippen molar-refractivity contribution in [3.63, 3.8) is 0 Å². The third kappa shape index (κ3) is 2.79. The number of hydrogen-bond acceptors (Lipinski definition) is 3. The predicted molar refractivity (Wildman–Crippen MR) is 51.8 cm³/mol. The fraction of sp³-hybridized carbons (Fsp3) is 0.143. The van der Waals surface area contributed by atoms with Gasteiger partial charge in [-0.25, -0.2) is 8.42 Å². The summed E-state index contributed by atoms with van der Waals surface area (Å²) in [6.45, 7) is 0. The Bertz CT molecular complexity index is 439. The van der Waals surface area contributed by atoms with Crippen LogP contribution in [0.4, 0.5) is 0 Å². The molecule has 0 aromatic heterocycles. The van der Waals surface area contributed by atoms with Crippen LogP contribution in [0.25, 0.3) is 0 Å². The lowest BCUT2D eigenvalue weighted by Crippen LogP contribution is -1.93. The highest BCUT2D eigenvalue weighted by atomic mass is 35.7. The smallest absolute Gasteiger partial charge is 0.255 e. The molecule has 0 heterocycles. The highest BCUT2D eigenvalue weighted by Crippen LogP contribution is 2.17. The zero-order valence-electron chi connectivity index (χ0n) is 6.73. The quantitative estimate of drug-likeness (QED) is 0.731. The first-order valence-electron chi connectivity index (χ1n) is 3.29. The standard InChI is InChI=1S/C7H7ClO3S2/c1-12(9)6-3-2-4-7(5-6)13(8,10)11/h2-5H,1H3. The second kappa shape index (κ2) is 3.77. The second-order valence-corrected chi connectivity index (χ2v) is 6.31. The summed E-state index contributed by atoms with van der Waals surface area (Å²) >= 11 is 0. The van der Waals surface area contributed by atoms with Crippen molar-refractivity contribution in [2.24, 2.45) is 0 Å². The average molecular weight is 239 g/mol. The topological polar surface area (TPSA) is 51.2 Å². The number of hydrogen-bond donors (Lipinski definition) is 0. The summed E-state index contributed by atoms with van der Waals surface area (Å²) in [7, 11) is 0.190. The molecule has 6 heteroatoms. The van der Waals surface area contributed by atoms with Crippen molar-refractivity contribution in [3.8, 4) is 0 Å². The van der Waals surface area contributed by atoms with Gasteiger partial charge in [-0.15, -0.1) is 0 Å². The van der Waals surface area contributed by atoms with Gasteiger partial charge in [-0.3, -0.25) is 4.21 Å². The van der Waals surface area contributed by atoms with Gasteiger partial charge in [0.1, 0.15) is 0 Å². The van der Waals surface area contributed by atoms with Gasteiger partial charge in [0.05, 0.1) is 4.90 Å². The molecule has 0 aliphatic heterocycles. The van der Waals surface area contributed by atoms with Gasteiger partial charge in [0.2, 0.25) is 0 Å². The minimum Gasteiger partial charge on any atom is -0.255 e. The van der Waals surface area contributed by atoms with E-state index in [2.05, 4.69) is 0 Å². The maximum Gasteiger partial charge on any atom is 0.261 e. The zero-order valence-corrected chi connectivity index (χ0v) is 9.12. The van der Waals surface area contributed by atoms with Crippen molar-refractivity contribution in [2.75, 3.05) is 6.26 Å². The van der Waals surface area contributed by atoms with Gasteiger partial charge in [-0.05, 0) is 18.2 Å². The predicted octanol–water partition coefficient (Wildman–Crippen LogP) is 1.35. The van der Waals surface area contributed by atoms with Crippen molar-refractivity contribution in [1.29, 1.82) is 0 Å². The van der Waals surface area contributed by atoms with Crippen LogP contribution >= 0.6 is 10.7 Å². The molecule has 1 unspecified atom stereocenters. The van der Waals surface area contributed by atoms with Crippen LogP contribution in [0, 0.1) is 0 Å². The summed E-state index contributed by atoms with van der Waals surface area (Å²) in [6.07, 6.45) is 1.47. The summed E-state index contributed by atoms with van der Waals surface area (Å²) in [6, 6.07) is 5.75. The Kier molecular flexibility index (Phi) is 3.10. The molecule has 1 rings (SSSR count). The average Bonchev–Trinajstić information content (AvgIpc) is 2.03. The molecule has 0 saturated heterocycles. The van der Waals surface area contributed by atoms with Gasteiger partial charge in [-0.1, -0.05) is 6.07 Å². The Morgan fingerprint density at radius 3 is 2.46 bits per heavy atom. The molecule has 3 nitrogen and oxygen atoms in total. The van der Waals surface area contributed by atoms with Crippen LogP contribution < -0.4 is 0 Å². The van der Waals surface area contributed by atoms with Gasteiger partial charge >= 0.3 is 0 Å². The lowest BCUT2D eigenvalue weighted by Gasteiger charge is -1.98. The second-order valence-electron chi connectivity index (χ2n) is 2.37. The summed E-state index contributed by atoms with van der Waals surface area (Å²) in [4.78, 5) is 0.420. The minimum atomic E-state index is -3.72. The molecule has 1 atom stereocenters. The van der Waals surface area contributed by atoms with E-state index >= 15 is 0 Å². The van der Waals surface area contributed by atoms with Crippen LogP contribution in [0.2, 0.25) is 0 Å². The van der Waals surface area contributed by atoms with Crippen molar-refractivity contribution in [1.82, 2.24) is 0 Å². The van der Waals surface area contributed by atoms with Crippen molar-refractivity contribution in [3.05, 3.63) is 24.3 Å². The van der Waals surface area contributed by atoms with Gasteiger partial charge in [-0.2, -0.15) is 0 Å². The molecule has 0 bridgehead atoms. The Hall–Kier alpha value is -0.390. The molecular weight excluding hydrogens is 232 g/mol. The minimum absolute atomic E-state index is 0.0260. The zero-order chi connectivity index (χ0) is 10.1.